The highest BCUT2D eigenvalue weighted by molar-refractivity contribution is 7.95. The van der Waals surface area contributed by atoms with Crippen LogP contribution in [0, 0.1) is 0 Å². The molecule has 0 bridgehead atoms. The lowest BCUT2D eigenvalue weighted by Gasteiger charge is -2.10. The second kappa shape index (κ2) is 14.0. The Balaban J connectivity index is 1.82. The fourth-order valence-corrected chi connectivity index (χ4v) is 4.67. The van der Waals surface area contributed by atoms with E-state index in [0.29, 0.717) is 45.8 Å². The van der Waals surface area contributed by atoms with Crippen molar-refractivity contribution in [2.45, 2.75) is 11.8 Å². The highest BCUT2D eigenvalue weighted by Gasteiger charge is 2.18. The lowest BCUT2D eigenvalue weighted by Crippen LogP contribution is -2.06. The second-order valence-corrected chi connectivity index (χ2v) is 10.2. The molecular formula is C31H32N2O6S. The Hall–Kier alpha value is -4.63. The van der Waals surface area contributed by atoms with Crippen molar-refractivity contribution in [2.75, 3.05) is 28.4 Å². The number of sulfone groups is 1. The first-order valence-electron chi connectivity index (χ1n) is 12.2. The number of allylic oxidation sites excluding steroid dienone is 3. The molecular weight excluding hydrogens is 528 g/mol. The van der Waals surface area contributed by atoms with Crippen molar-refractivity contribution in [1.82, 2.24) is 0 Å². The summed E-state index contributed by atoms with van der Waals surface area (Å²) < 4.78 is 48.1. The summed E-state index contributed by atoms with van der Waals surface area (Å²) >= 11 is 0. The number of nitrogens with zero attached hydrogens (tertiary/aromatic N) is 2. The van der Waals surface area contributed by atoms with E-state index in [-0.39, 0.29) is 9.80 Å². The molecule has 3 rings (SSSR count). The fraction of sp³-hybridized carbons (Fsp3) is 0.161. The average molecular weight is 561 g/mol. The van der Waals surface area contributed by atoms with Gasteiger partial charge in [0.1, 0.15) is 11.5 Å². The largest absolute Gasteiger partial charge is 0.496 e. The lowest BCUT2D eigenvalue weighted by molar-refractivity contribution is 0.390. The predicted molar refractivity (Wildman–Crippen MR) is 158 cm³/mol. The SMILES string of the molecule is C=C(/C=C\C(=C/C)N=C(OC)c1ccccc1OC)S(=O)(=O)c1ccc(N=C(OC)c2ccccc2OC)cc1. The van der Waals surface area contributed by atoms with E-state index >= 15 is 0 Å². The Morgan fingerprint density at radius 3 is 1.77 bits per heavy atom. The highest BCUT2D eigenvalue weighted by atomic mass is 32.2. The first kappa shape index (κ1) is 29.9. The maximum Gasteiger partial charge on any atom is 0.224 e. The van der Waals surface area contributed by atoms with Crippen LogP contribution in [0.5, 0.6) is 11.5 Å². The maximum absolute atomic E-state index is 13.2. The molecule has 0 unspecified atom stereocenters. The van der Waals surface area contributed by atoms with Crippen LogP contribution in [0.1, 0.15) is 18.1 Å². The van der Waals surface area contributed by atoms with Crippen LogP contribution in [0.15, 0.2) is 123 Å². The van der Waals surface area contributed by atoms with Crippen LogP contribution in [0.3, 0.4) is 0 Å². The van der Waals surface area contributed by atoms with Crippen LogP contribution in [-0.4, -0.2) is 48.7 Å². The van der Waals surface area contributed by atoms with Gasteiger partial charge in [-0.25, -0.2) is 18.4 Å². The van der Waals surface area contributed by atoms with Gasteiger partial charge in [0.15, 0.2) is 0 Å². The minimum atomic E-state index is -3.86. The first-order chi connectivity index (χ1) is 19.3. The molecule has 40 heavy (non-hydrogen) atoms. The third-order valence-corrected chi connectivity index (χ3v) is 7.47. The molecule has 0 saturated carbocycles. The van der Waals surface area contributed by atoms with Crippen molar-refractivity contribution in [2.24, 2.45) is 9.98 Å². The number of ether oxygens (including phenoxy) is 4. The van der Waals surface area contributed by atoms with Gasteiger partial charge in [-0.1, -0.05) is 36.9 Å². The molecule has 0 aliphatic rings. The van der Waals surface area contributed by atoms with E-state index in [9.17, 15) is 8.42 Å². The van der Waals surface area contributed by atoms with Gasteiger partial charge in [-0.05, 0) is 67.6 Å². The molecule has 0 heterocycles. The predicted octanol–water partition coefficient (Wildman–Crippen LogP) is 6.27. The molecule has 0 saturated heterocycles. The number of para-hydroxylation sites is 2. The zero-order valence-electron chi connectivity index (χ0n) is 23.1. The molecule has 0 fully saturated rings. The van der Waals surface area contributed by atoms with Gasteiger partial charge < -0.3 is 18.9 Å². The van der Waals surface area contributed by atoms with Gasteiger partial charge in [-0.2, -0.15) is 0 Å². The van der Waals surface area contributed by atoms with E-state index in [1.54, 1.807) is 57.6 Å². The van der Waals surface area contributed by atoms with Crippen molar-refractivity contribution in [3.63, 3.8) is 0 Å². The second-order valence-electron chi connectivity index (χ2n) is 8.15. The van der Waals surface area contributed by atoms with E-state index < -0.39 is 9.84 Å². The Morgan fingerprint density at radius 1 is 0.750 bits per heavy atom. The molecule has 0 aliphatic carbocycles. The van der Waals surface area contributed by atoms with E-state index in [1.165, 1.54) is 32.4 Å². The number of hydrogen-bond acceptors (Lipinski definition) is 8. The van der Waals surface area contributed by atoms with Crippen molar-refractivity contribution in [3.8, 4) is 11.5 Å². The van der Waals surface area contributed by atoms with Crippen molar-refractivity contribution in [1.29, 1.82) is 0 Å². The first-order valence-corrected chi connectivity index (χ1v) is 13.7. The van der Waals surface area contributed by atoms with Gasteiger partial charge in [0.05, 0.1) is 60.8 Å². The van der Waals surface area contributed by atoms with Crippen molar-refractivity contribution < 1.29 is 27.4 Å². The van der Waals surface area contributed by atoms with Gasteiger partial charge in [-0.3, -0.25) is 0 Å². The number of aliphatic imine (C=N–C) groups is 2. The summed E-state index contributed by atoms with van der Waals surface area (Å²) in [5.74, 6) is 1.87. The number of methoxy groups -OCH3 is 4. The lowest BCUT2D eigenvalue weighted by atomic mass is 10.2. The third-order valence-electron chi connectivity index (χ3n) is 5.75. The summed E-state index contributed by atoms with van der Waals surface area (Å²) in [7, 11) is 2.28. The number of rotatable bonds is 10. The van der Waals surface area contributed by atoms with Gasteiger partial charge in [0.25, 0.3) is 0 Å². The van der Waals surface area contributed by atoms with Gasteiger partial charge in [0.2, 0.25) is 21.6 Å². The van der Waals surface area contributed by atoms with Crippen molar-refractivity contribution in [3.05, 3.63) is 119 Å². The molecule has 0 aliphatic heterocycles. The molecule has 0 radical (unpaired) electrons. The maximum atomic E-state index is 13.2. The molecule has 8 nitrogen and oxygen atoms in total. The Morgan fingerprint density at radius 2 is 1.27 bits per heavy atom. The van der Waals surface area contributed by atoms with Crippen LogP contribution >= 0.6 is 0 Å². The van der Waals surface area contributed by atoms with Crippen LogP contribution in [0.4, 0.5) is 5.69 Å². The van der Waals surface area contributed by atoms with Gasteiger partial charge in [0, 0.05) is 0 Å². The van der Waals surface area contributed by atoms with Crippen LogP contribution < -0.4 is 9.47 Å². The molecule has 3 aromatic carbocycles. The van der Waals surface area contributed by atoms with E-state index in [4.69, 9.17) is 18.9 Å². The summed E-state index contributed by atoms with van der Waals surface area (Å²) in [6.07, 6.45) is 4.69. The molecule has 0 atom stereocenters. The molecule has 0 aromatic heterocycles. The van der Waals surface area contributed by atoms with E-state index in [2.05, 4.69) is 16.6 Å². The molecule has 0 N–H and O–H groups in total. The van der Waals surface area contributed by atoms with Crippen LogP contribution in [0.2, 0.25) is 0 Å². The third kappa shape index (κ3) is 7.06. The molecule has 9 heteroatoms. The van der Waals surface area contributed by atoms with Crippen LogP contribution in [0.25, 0.3) is 0 Å². The van der Waals surface area contributed by atoms with E-state index in [0.717, 1.165) is 0 Å². The number of hydrogen-bond donors (Lipinski definition) is 0. The van der Waals surface area contributed by atoms with Gasteiger partial charge >= 0.3 is 0 Å². The van der Waals surface area contributed by atoms with Crippen LogP contribution in [-0.2, 0) is 19.3 Å². The quantitative estimate of drug-likeness (QED) is 0.165. The summed E-state index contributed by atoms with van der Waals surface area (Å²) in [6, 6.07) is 20.8. The standard InChI is InChI=1S/C31H32N2O6S/c1-7-23(32-30(38-5)26-12-8-10-14-28(26)36-3)17-16-22(2)40(34,35)25-20-18-24(19-21-25)33-31(39-6)27-13-9-11-15-29(27)37-4/h7-21H,2H2,1,3-6H3/b17-16-,23-7+,32-30?,33-31?. The zero-order valence-corrected chi connectivity index (χ0v) is 23.9. The molecule has 3 aromatic rings. The summed E-state index contributed by atoms with van der Waals surface area (Å²) in [5, 5.41) is 0. The molecule has 208 valence electrons. The topological polar surface area (TPSA) is 95.8 Å². The fourth-order valence-electron chi connectivity index (χ4n) is 3.63. The molecule has 0 spiro atoms. The average Bonchev–Trinajstić information content (AvgIpc) is 3.00. The summed E-state index contributed by atoms with van der Waals surface area (Å²) in [5.41, 5.74) is 2.33. The molecule has 0 amide bonds. The van der Waals surface area contributed by atoms with E-state index in [1.807, 2.05) is 36.4 Å². The Kier molecular flexibility index (Phi) is 10.4. The van der Waals surface area contributed by atoms with Crippen molar-refractivity contribution >= 4 is 27.3 Å². The normalized spacial score (nSPS) is 12.8. The summed E-state index contributed by atoms with van der Waals surface area (Å²) in [6.45, 7) is 5.56. The minimum absolute atomic E-state index is 0.0782. The number of benzene rings is 3. The Labute approximate surface area is 235 Å². The Bertz CT molecular complexity index is 1570. The minimum Gasteiger partial charge on any atom is -0.496 e. The smallest absolute Gasteiger partial charge is 0.224 e. The highest BCUT2D eigenvalue weighted by Crippen LogP contribution is 2.26. The summed E-state index contributed by atoms with van der Waals surface area (Å²) in [4.78, 5) is 9.01. The van der Waals surface area contributed by atoms with Gasteiger partial charge in [-0.15, -0.1) is 0 Å². The monoisotopic (exact) mass is 560 g/mol. The zero-order chi connectivity index (χ0) is 29.1.